The number of para-hydroxylation sites is 1. The summed E-state index contributed by atoms with van der Waals surface area (Å²) in [6, 6.07) is 7.30. The standard InChI is InChI=1S/C14H16BrN5O3/c1-23-8-4-7-16-13-12(20(21)22)14(18-9-17-13)19-11-6-3-2-5-10(11)15/h2-3,5-6,9H,4,7-8H2,1H3,(H2,16,17,18,19). The zero-order chi connectivity index (χ0) is 16.7. The van der Waals surface area contributed by atoms with Gasteiger partial charge in [0.25, 0.3) is 0 Å². The number of rotatable bonds is 8. The largest absolute Gasteiger partial charge is 0.385 e. The van der Waals surface area contributed by atoms with Gasteiger partial charge in [0, 0.05) is 24.7 Å². The van der Waals surface area contributed by atoms with Gasteiger partial charge < -0.3 is 15.4 Å². The molecule has 0 unspecified atom stereocenters. The number of nitro groups is 1. The fraction of sp³-hybridized carbons (Fsp3) is 0.286. The molecule has 9 heteroatoms. The number of nitrogens with zero attached hydrogens (tertiary/aromatic N) is 3. The van der Waals surface area contributed by atoms with Crippen molar-refractivity contribution in [2.75, 3.05) is 30.9 Å². The molecule has 0 amide bonds. The molecule has 8 nitrogen and oxygen atoms in total. The van der Waals surface area contributed by atoms with E-state index in [4.69, 9.17) is 4.74 Å². The number of ether oxygens (including phenoxy) is 1. The first-order valence-electron chi connectivity index (χ1n) is 6.87. The van der Waals surface area contributed by atoms with E-state index in [2.05, 4.69) is 36.5 Å². The monoisotopic (exact) mass is 381 g/mol. The molecule has 0 fully saturated rings. The van der Waals surface area contributed by atoms with Crippen molar-refractivity contribution in [2.45, 2.75) is 6.42 Å². The van der Waals surface area contributed by atoms with Gasteiger partial charge in [-0.15, -0.1) is 0 Å². The molecule has 23 heavy (non-hydrogen) atoms. The highest BCUT2D eigenvalue weighted by atomic mass is 79.9. The van der Waals surface area contributed by atoms with E-state index in [1.807, 2.05) is 18.2 Å². The molecular formula is C14H16BrN5O3. The van der Waals surface area contributed by atoms with Gasteiger partial charge in [-0.25, -0.2) is 9.97 Å². The zero-order valence-corrected chi connectivity index (χ0v) is 14.0. The maximum atomic E-state index is 11.4. The van der Waals surface area contributed by atoms with Crippen LogP contribution in [0.15, 0.2) is 35.1 Å². The minimum atomic E-state index is -0.502. The average molecular weight is 382 g/mol. The maximum absolute atomic E-state index is 11.4. The molecule has 0 saturated carbocycles. The summed E-state index contributed by atoms with van der Waals surface area (Å²) in [7, 11) is 1.60. The molecule has 2 N–H and O–H groups in total. The SMILES string of the molecule is COCCCNc1ncnc(Nc2ccccc2Br)c1[N+](=O)[O-]. The zero-order valence-electron chi connectivity index (χ0n) is 12.5. The van der Waals surface area contributed by atoms with E-state index in [0.717, 1.165) is 4.47 Å². The number of halogens is 1. The van der Waals surface area contributed by atoms with Gasteiger partial charge in [-0.05, 0) is 34.5 Å². The van der Waals surface area contributed by atoms with Crippen LogP contribution < -0.4 is 10.6 Å². The van der Waals surface area contributed by atoms with Crippen LogP contribution in [-0.4, -0.2) is 35.2 Å². The van der Waals surface area contributed by atoms with Crippen LogP contribution in [0, 0.1) is 10.1 Å². The number of anilines is 3. The van der Waals surface area contributed by atoms with Gasteiger partial charge in [-0.2, -0.15) is 0 Å². The highest BCUT2D eigenvalue weighted by Crippen LogP contribution is 2.33. The molecular weight excluding hydrogens is 366 g/mol. The molecule has 0 radical (unpaired) electrons. The molecule has 122 valence electrons. The predicted molar refractivity (Wildman–Crippen MR) is 91.1 cm³/mol. The Hall–Kier alpha value is -2.26. The third kappa shape index (κ3) is 4.60. The third-order valence-electron chi connectivity index (χ3n) is 2.95. The van der Waals surface area contributed by atoms with Crippen LogP contribution in [0.1, 0.15) is 6.42 Å². The van der Waals surface area contributed by atoms with Gasteiger partial charge in [0.1, 0.15) is 6.33 Å². The van der Waals surface area contributed by atoms with Gasteiger partial charge in [-0.3, -0.25) is 10.1 Å². The maximum Gasteiger partial charge on any atom is 0.353 e. The minimum Gasteiger partial charge on any atom is -0.385 e. The van der Waals surface area contributed by atoms with Crippen LogP contribution >= 0.6 is 15.9 Å². The first-order valence-corrected chi connectivity index (χ1v) is 7.66. The average Bonchev–Trinajstić information content (AvgIpc) is 2.53. The van der Waals surface area contributed by atoms with Crippen molar-refractivity contribution < 1.29 is 9.66 Å². The van der Waals surface area contributed by atoms with Gasteiger partial charge >= 0.3 is 5.69 Å². The highest BCUT2D eigenvalue weighted by molar-refractivity contribution is 9.10. The van der Waals surface area contributed by atoms with Crippen LogP contribution in [0.5, 0.6) is 0 Å². The second-order valence-electron chi connectivity index (χ2n) is 4.55. The fourth-order valence-corrected chi connectivity index (χ4v) is 2.27. The van der Waals surface area contributed by atoms with Crippen LogP contribution in [0.4, 0.5) is 23.0 Å². The van der Waals surface area contributed by atoms with Crippen molar-refractivity contribution in [1.29, 1.82) is 0 Å². The predicted octanol–water partition coefficient (Wildman–Crippen LogP) is 3.34. The topological polar surface area (TPSA) is 102 Å². The van der Waals surface area contributed by atoms with Crippen molar-refractivity contribution >= 4 is 38.9 Å². The van der Waals surface area contributed by atoms with Crippen molar-refractivity contribution in [1.82, 2.24) is 9.97 Å². The van der Waals surface area contributed by atoms with Gasteiger partial charge in [0.05, 0.1) is 10.6 Å². The summed E-state index contributed by atoms with van der Waals surface area (Å²) in [5, 5.41) is 17.3. The Morgan fingerprint density at radius 1 is 1.30 bits per heavy atom. The molecule has 1 aromatic heterocycles. The highest BCUT2D eigenvalue weighted by Gasteiger charge is 2.23. The smallest absolute Gasteiger partial charge is 0.353 e. The van der Waals surface area contributed by atoms with E-state index in [-0.39, 0.29) is 17.3 Å². The lowest BCUT2D eigenvalue weighted by molar-refractivity contribution is -0.383. The molecule has 1 heterocycles. The number of hydrogen-bond acceptors (Lipinski definition) is 7. The number of benzene rings is 1. The molecule has 0 aliphatic heterocycles. The van der Waals surface area contributed by atoms with E-state index in [1.165, 1.54) is 6.33 Å². The Morgan fingerprint density at radius 3 is 2.74 bits per heavy atom. The third-order valence-corrected chi connectivity index (χ3v) is 3.64. The molecule has 0 aliphatic carbocycles. The van der Waals surface area contributed by atoms with E-state index < -0.39 is 4.92 Å². The molecule has 2 aromatic rings. The molecule has 0 atom stereocenters. The summed E-state index contributed by atoms with van der Waals surface area (Å²) in [6.45, 7) is 1.08. The number of methoxy groups -OCH3 is 1. The second-order valence-corrected chi connectivity index (χ2v) is 5.41. The van der Waals surface area contributed by atoms with Crippen LogP contribution in [0.25, 0.3) is 0 Å². The number of aromatic nitrogens is 2. The quantitative estimate of drug-likeness (QED) is 0.410. The Kier molecular flexibility index (Phi) is 6.24. The lowest BCUT2D eigenvalue weighted by atomic mass is 10.3. The Morgan fingerprint density at radius 2 is 2.04 bits per heavy atom. The van der Waals surface area contributed by atoms with Crippen LogP contribution in [0.3, 0.4) is 0 Å². The Labute approximate surface area is 141 Å². The van der Waals surface area contributed by atoms with E-state index >= 15 is 0 Å². The molecule has 0 saturated heterocycles. The normalized spacial score (nSPS) is 10.3. The van der Waals surface area contributed by atoms with Crippen molar-refractivity contribution in [3.8, 4) is 0 Å². The van der Waals surface area contributed by atoms with Crippen LogP contribution in [-0.2, 0) is 4.74 Å². The fourth-order valence-electron chi connectivity index (χ4n) is 1.89. The molecule has 0 bridgehead atoms. The number of hydrogen-bond donors (Lipinski definition) is 2. The van der Waals surface area contributed by atoms with Crippen molar-refractivity contribution in [3.05, 3.63) is 45.2 Å². The summed E-state index contributed by atoms with van der Waals surface area (Å²) in [6.07, 6.45) is 2.00. The number of nitrogens with one attached hydrogen (secondary N) is 2. The van der Waals surface area contributed by atoms with Gasteiger partial charge in [0.15, 0.2) is 0 Å². The van der Waals surface area contributed by atoms with Crippen LogP contribution in [0.2, 0.25) is 0 Å². The van der Waals surface area contributed by atoms with E-state index in [9.17, 15) is 10.1 Å². The van der Waals surface area contributed by atoms with Gasteiger partial charge in [0.2, 0.25) is 11.6 Å². The summed E-state index contributed by atoms with van der Waals surface area (Å²) in [5.41, 5.74) is 0.486. The lowest BCUT2D eigenvalue weighted by Crippen LogP contribution is -2.10. The van der Waals surface area contributed by atoms with E-state index in [0.29, 0.717) is 25.3 Å². The van der Waals surface area contributed by atoms with Crippen molar-refractivity contribution in [2.24, 2.45) is 0 Å². The summed E-state index contributed by atoms with van der Waals surface area (Å²) < 4.78 is 5.73. The van der Waals surface area contributed by atoms with Gasteiger partial charge in [-0.1, -0.05) is 12.1 Å². The Bertz CT molecular complexity index is 683. The Balaban J connectivity index is 2.25. The second kappa shape index (κ2) is 8.39. The molecule has 0 aliphatic rings. The summed E-state index contributed by atoms with van der Waals surface area (Å²) >= 11 is 3.39. The molecule has 2 rings (SSSR count). The minimum absolute atomic E-state index is 0.131. The van der Waals surface area contributed by atoms with Crippen molar-refractivity contribution in [3.63, 3.8) is 0 Å². The first kappa shape index (κ1) is 17.1. The summed E-state index contributed by atoms with van der Waals surface area (Å²) in [5.74, 6) is 0.307. The van der Waals surface area contributed by atoms with E-state index in [1.54, 1.807) is 13.2 Å². The molecule has 1 aromatic carbocycles. The molecule has 0 spiro atoms. The lowest BCUT2D eigenvalue weighted by Gasteiger charge is -2.10. The first-order chi connectivity index (χ1) is 11.1. The summed E-state index contributed by atoms with van der Waals surface area (Å²) in [4.78, 5) is 18.9.